The number of imidazole rings is 1. The third kappa shape index (κ3) is 4.06. The summed E-state index contributed by atoms with van der Waals surface area (Å²) in [5, 5.41) is 19.8. The number of aromatic hydroxyl groups is 1. The molecule has 0 saturated carbocycles. The van der Waals surface area contributed by atoms with Crippen LogP contribution in [0.2, 0.25) is 5.02 Å². The van der Waals surface area contributed by atoms with Crippen molar-refractivity contribution in [3.63, 3.8) is 0 Å². The number of phenols is 1. The Morgan fingerprint density at radius 3 is 2.49 bits per heavy atom. The zero-order valence-corrected chi connectivity index (χ0v) is 20.7. The topological polar surface area (TPSA) is 88.3 Å². The molecule has 8 nitrogen and oxygen atoms in total. The highest BCUT2D eigenvalue weighted by Gasteiger charge is 2.20. The van der Waals surface area contributed by atoms with Crippen molar-refractivity contribution in [2.45, 2.75) is 0 Å². The van der Waals surface area contributed by atoms with Crippen molar-refractivity contribution in [2.24, 2.45) is 7.05 Å². The predicted octanol–water partition coefficient (Wildman–Crippen LogP) is 4.72. The third-order valence-corrected chi connectivity index (χ3v) is 7.04. The number of halogens is 2. The van der Waals surface area contributed by atoms with E-state index in [-0.39, 0.29) is 11.4 Å². The van der Waals surface area contributed by atoms with E-state index >= 15 is 0 Å². The second-order valence-electron chi connectivity index (χ2n) is 9.00. The molecule has 3 heterocycles. The summed E-state index contributed by atoms with van der Waals surface area (Å²) in [7, 11) is 1.65. The summed E-state index contributed by atoms with van der Waals surface area (Å²) in [6, 6.07) is 11.4. The van der Waals surface area contributed by atoms with Crippen LogP contribution in [-0.4, -0.2) is 50.7 Å². The van der Waals surface area contributed by atoms with Gasteiger partial charge in [-0.25, -0.2) is 9.18 Å². The first kappa shape index (κ1) is 23.3. The summed E-state index contributed by atoms with van der Waals surface area (Å²) >= 11 is 6.53. The van der Waals surface area contributed by atoms with Crippen LogP contribution in [0.15, 0.2) is 65.8 Å². The first-order valence-electron chi connectivity index (χ1n) is 11.8. The van der Waals surface area contributed by atoms with E-state index in [0.29, 0.717) is 46.2 Å². The molecule has 2 aromatic heterocycles. The number of benzene rings is 3. The van der Waals surface area contributed by atoms with Gasteiger partial charge in [0.1, 0.15) is 11.6 Å². The highest BCUT2D eigenvalue weighted by Crippen LogP contribution is 2.42. The summed E-state index contributed by atoms with van der Waals surface area (Å²) in [5.41, 5.74) is 3.78. The smallest absolute Gasteiger partial charge is 0.332 e. The maximum atomic E-state index is 14.9. The Hall–Kier alpha value is -4.08. The highest BCUT2D eigenvalue weighted by atomic mass is 35.5. The fourth-order valence-electron chi connectivity index (χ4n) is 4.81. The SMILES string of the molecule is Cn1ccn(-c2ccc(-c3cc(F)cc(-c4cc(N5CCOCC5)c5cn[nH]c5c4)c3O)cc2Cl)c1=O. The fourth-order valence-corrected chi connectivity index (χ4v) is 5.08. The average molecular weight is 520 g/mol. The molecule has 0 unspecified atom stereocenters. The van der Waals surface area contributed by atoms with E-state index < -0.39 is 5.82 Å². The lowest BCUT2D eigenvalue weighted by molar-refractivity contribution is 0.123. The third-order valence-electron chi connectivity index (χ3n) is 6.74. The van der Waals surface area contributed by atoms with Gasteiger partial charge in [0.05, 0.1) is 35.6 Å². The maximum absolute atomic E-state index is 14.9. The standard InChI is InChI=1S/C27H23ClFN5O3/c1-32-4-5-34(27(32)36)24-3-2-16(10-22(24)28)19-13-18(29)14-20(26(19)35)17-11-23-21(15-30-31-23)25(12-17)33-6-8-37-9-7-33/h2-5,10-15,35H,6-9H2,1H3,(H,30,31). The molecule has 10 heteroatoms. The number of aromatic nitrogens is 4. The van der Waals surface area contributed by atoms with Gasteiger partial charge < -0.3 is 19.3 Å². The minimum atomic E-state index is -0.500. The molecule has 1 fully saturated rings. The summed E-state index contributed by atoms with van der Waals surface area (Å²) in [5.74, 6) is -0.575. The average Bonchev–Trinajstić information content (AvgIpc) is 3.51. The number of ether oxygens (including phenoxy) is 1. The summed E-state index contributed by atoms with van der Waals surface area (Å²) < 4.78 is 23.3. The summed E-state index contributed by atoms with van der Waals surface area (Å²) in [6.07, 6.45) is 5.03. The molecule has 1 aliphatic heterocycles. The molecule has 37 heavy (non-hydrogen) atoms. The van der Waals surface area contributed by atoms with Gasteiger partial charge in [0.15, 0.2) is 0 Å². The molecule has 0 spiro atoms. The molecular formula is C27H23ClFN5O3. The van der Waals surface area contributed by atoms with Gasteiger partial charge in [-0.05, 0) is 47.5 Å². The van der Waals surface area contributed by atoms with Gasteiger partial charge in [-0.2, -0.15) is 5.10 Å². The normalized spacial score (nSPS) is 14.0. The Balaban J connectivity index is 1.46. The number of hydrogen-bond donors (Lipinski definition) is 2. The maximum Gasteiger partial charge on any atom is 0.332 e. The van der Waals surface area contributed by atoms with Crippen molar-refractivity contribution < 1.29 is 14.2 Å². The number of nitrogens with one attached hydrogen (secondary N) is 1. The second kappa shape index (κ2) is 9.10. The lowest BCUT2D eigenvalue weighted by Gasteiger charge is -2.29. The van der Waals surface area contributed by atoms with E-state index in [1.165, 1.54) is 21.3 Å². The van der Waals surface area contributed by atoms with Gasteiger partial charge in [0.25, 0.3) is 0 Å². The van der Waals surface area contributed by atoms with Crippen molar-refractivity contribution >= 4 is 28.2 Å². The Kier molecular flexibility index (Phi) is 5.73. The van der Waals surface area contributed by atoms with Crippen LogP contribution >= 0.6 is 11.6 Å². The number of fused-ring (bicyclic) bond motifs is 1. The Bertz CT molecular complexity index is 1700. The molecule has 0 bridgehead atoms. The van der Waals surface area contributed by atoms with E-state index in [9.17, 15) is 14.3 Å². The lowest BCUT2D eigenvalue weighted by Crippen LogP contribution is -2.36. The van der Waals surface area contributed by atoms with Gasteiger partial charge >= 0.3 is 5.69 Å². The van der Waals surface area contributed by atoms with Gasteiger partial charge in [-0.15, -0.1) is 0 Å². The number of morpholine rings is 1. The molecule has 0 radical (unpaired) electrons. The first-order valence-corrected chi connectivity index (χ1v) is 12.2. The number of aromatic amines is 1. The molecule has 2 N–H and O–H groups in total. The van der Waals surface area contributed by atoms with Crippen LogP contribution in [0.25, 0.3) is 38.8 Å². The fraction of sp³-hybridized carbons (Fsp3) is 0.185. The molecule has 0 aliphatic carbocycles. The van der Waals surface area contributed by atoms with Crippen LogP contribution < -0.4 is 10.6 Å². The van der Waals surface area contributed by atoms with Crippen molar-refractivity contribution in [2.75, 3.05) is 31.2 Å². The quantitative estimate of drug-likeness (QED) is 0.359. The molecule has 0 amide bonds. The largest absolute Gasteiger partial charge is 0.507 e. The van der Waals surface area contributed by atoms with E-state index in [1.807, 2.05) is 12.1 Å². The van der Waals surface area contributed by atoms with Gasteiger partial charge in [0.2, 0.25) is 0 Å². The second-order valence-corrected chi connectivity index (χ2v) is 9.41. The zero-order valence-electron chi connectivity index (χ0n) is 19.9. The minimum absolute atomic E-state index is 0.0751. The van der Waals surface area contributed by atoms with Crippen molar-refractivity contribution in [1.82, 2.24) is 19.3 Å². The Morgan fingerprint density at radius 2 is 1.78 bits per heavy atom. The first-order chi connectivity index (χ1) is 17.9. The number of phenolic OH excluding ortho intramolecular Hbond substituents is 1. The number of nitrogens with zero attached hydrogens (tertiary/aromatic N) is 4. The van der Waals surface area contributed by atoms with Crippen LogP contribution in [0, 0.1) is 5.82 Å². The molecule has 3 aromatic carbocycles. The lowest BCUT2D eigenvalue weighted by atomic mass is 9.95. The van der Waals surface area contributed by atoms with Gasteiger partial charge in [0, 0.05) is 54.7 Å². The molecule has 6 rings (SSSR count). The number of rotatable bonds is 4. The molecule has 1 saturated heterocycles. The van der Waals surface area contributed by atoms with Crippen LogP contribution in [0.5, 0.6) is 5.75 Å². The van der Waals surface area contributed by atoms with Crippen LogP contribution in [0.1, 0.15) is 0 Å². The van der Waals surface area contributed by atoms with Gasteiger partial charge in [-0.1, -0.05) is 17.7 Å². The zero-order chi connectivity index (χ0) is 25.7. The van der Waals surface area contributed by atoms with E-state index in [4.69, 9.17) is 16.3 Å². The molecule has 5 aromatic rings. The molecular weight excluding hydrogens is 497 g/mol. The number of H-pyrrole nitrogens is 1. The van der Waals surface area contributed by atoms with Crippen LogP contribution in [-0.2, 0) is 11.8 Å². The van der Waals surface area contributed by atoms with Gasteiger partial charge in [-0.3, -0.25) is 9.67 Å². The van der Waals surface area contributed by atoms with E-state index in [2.05, 4.69) is 15.1 Å². The highest BCUT2D eigenvalue weighted by molar-refractivity contribution is 6.32. The number of hydrogen-bond acceptors (Lipinski definition) is 5. The van der Waals surface area contributed by atoms with E-state index in [0.717, 1.165) is 29.7 Å². The monoisotopic (exact) mass is 519 g/mol. The Morgan fingerprint density at radius 1 is 1.03 bits per heavy atom. The van der Waals surface area contributed by atoms with Crippen LogP contribution in [0.4, 0.5) is 10.1 Å². The van der Waals surface area contributed by atoms with Crippen molar-refractivity contribution in [3.05, 3.63) is 82.4 Å². The van der Waals surface area contributed by atoms with Crippen molar-refractivity contribution in [1.29, 1.82) is 0 Å². The number of anilines is 1. The molecule has 0 atom stereocenters. The van der Waals surface area contributed by atoms with E-state index in [1.54, 1.807) is 43.8 Å². The summed E-state index contributed by atoms with van der Waals surface area (Å²) in [4.78, 5) is 14.6. The molecule has 1 aliphatic rings. The van der Waals surface area contributed by atoms with Crippen LogP contribution in [0.3, 0.4) is 0 Å². The Labute approximate surface area is 216 Å². The summed E-state index contributed by atoms with van der Waals surface area (Å²) in [6.45, 7) is 2.68. The van der Waals surface area contributed by atoms with Crippen molar-refractivity contribution in [3.8, 4) is 33.7 Å². The minimum Gasteiger partial charge on any atom is -0.507 e. The number of aryl methyl sites for hydroxylation is 1. The predicted molar refractivity (Wildman–Crippen MR) is 141 cm³/mol. The molecule has 188 valence electrons.